The van der Waals surface area contributed by atoms with Crippen molar-refractivity contribution < 1.29 is 33.0 Å². The van der Waals surface area contributed by atoms with Crippen molar-refractivity contribution in [3.05, 3.63) is 96.6 Å². The van der Waals surface area contributed by atoms with E-state index in [-0.39, 0.29) is 19.7 Å². The molecule has 10 nitrogen and oxygen atoms in total. The lowest BCUT2D eigenvalue weighted by atomic mass is 10.1. The molecule has 268 valence electrons. The quantitative estimate of drug-likeness (QED) is 0.208. The second-order valence-corrected chi connectivity index (χ2v) is 20.2. The molecule has 3 atom stereocenters. The monoisotopic (exact) mass is 701 g/mol. The Morgan fingerprint density at radius 2 is 1.14 bits per heavy atom. The van der Waals surface area contributed by atoms with Crippen LogP contribution in [-0.2, 0) is 25.2 Å². The third-order valence-corrected chi connectivity index (χ3v) is 13.9. The highest BCUT2D eigenvalue weighted by atomic mass is 28.4. The molecule has 0 bridgehead atoms. The second-order valence-electron chi connectivity index (χ2n) is 16.0. The Morgan fingerprint density at radius 3 is 1.62 bits per heavy atom. The number of hydrazine groups is 1. The van der Waals surface area contributed by atoms with E-state index in [0.717, 1.165) is 15.9 Å². The Balaban J connectivity index is 1.64. The molecule has 2 aliphatic heterocycles. The molecule has 2 heterocycles. The number of amides is 3. The molecule has 0 aromatic heterocycles. The van der Waals surface area contributed by atoms with Crippen molar-refractivity contribution in [1.29, 1.82) is 0 Å². The first-order chi connectivity index (χ1) is 23.4. The van der Waals surface area contributed by atoms with Gasteiger partial charge in [-0.15, -0.1) is 0 Å². The van der Waals surface area contributed by atoms with E-state index in [1.807, 2.05) is 87.5 Å². The molecular formula is C39H51N3O7Si. The van der Waals surface area contributed by atoms with Crippen molar-refractivity contribution in [2.45, 2.75) is 103 Å². The highest BCUT2D eigenvalue weighted by Gasteiger charge is 2.62. The van der Waals surface area contributed by atoms with E-state index in [0.29, 0.717) is 0 Å². The third-order valence-electron chi connectivity index (χ3n) is 8.82. The summed E-state index contributed by atoms with van der Waals surface area (Å²) >= 11 is 0. The van der Waals surface area contributed by atoms with E-state index in [9.17, 15) is 14.4 Å². The molecule has 11 heteroatoms. The lowest BCUT2D eigenvalue weighted by Gasteiger charge is -2.46. The number of nitrogens with zero attached hydrogens (tertiary/aromatic N) is 3. The molecule has 3 unspecified atom stereocenters. The minimum absolute atomic E-state index is 0.00820. The fourth-order valence-electron chi connectivity index (χ4n) is 6.86. The Labute approximate surface area is 297 Å². The smallest absolute Gasteiger partial charge is 0.429 e. The van der Waals surface area contributed by atoms with Gasteiger partial charge in [0.1, 0.15) is 23.9 Å². The van der Waals surface area contributed by atoms with Crippen molar-refractivity contribution in [3.8, 4) is 0 Å². The van der Waals surface area contributed by atoms with Gasteiger partial charge in [0.2, 0.25) is 0 Å². The first-order valence-corrected chi connectivity index (χ1v) is 19.1. The molecule has 5 rings (SSSR count). The molecule has 2 saturated heterocycles. The van der Waals surface area contributed by atoms with Gasteiger partial charge in [0.15, 0.2) is 0 Å². The number of likely N-dealkylation sites (tertiary alicyclic amines) is 1. The van der Waals surface area contributed by atoms with Crippen LogP contribution in [0.5, 0.6) is 0 Å². The highest BCUT2D eigenvalue weighted by molar-refractivity contribution is 6.99. The zero-order valence-corrected chi connectivity index (χ0v) is 31.7. The van der Waals surface area contributed by atoms with Crippen LogP contribution in [0.25, 0.3) is 0 Å². The van der Waals surface area contributed by atoms with Gasteiger partial charge in [0.05, 0.1) is 25.2 Å². The minimum atomic E-state index is -3.20. The van der Waals surface area contributed by atoms with E-state index in [2.05, 4.69) is 45.0 Å². The molecule has 0 radical (unpaired) electrons. The first kappa shape index (κ1) is 36.9. The number of carbonyl (C=O) groups is 3. The number of hydrogen-bond acceptors (Lipinski definition) is 7. The van der Waals surface area contributed by atoms with Gasteiger partial charge in [0, 0.05) is 0 Å². The zero-order chi connectivity index (χ0) is 36.5. The predicted molar refractivity (Wildman–Crippen MR) is 194 cm³/mol. The SMILES string of the molecule is CC(C)(C)OC(=O)N1CC(O[Si](c2ccccc2)(c2ccccc2)C(C)(C)C)C2C1CN(C(=O)OC(C)(C)C)N2C(=O)OCc1ccccc1. The van der Waals surface area contributed by atoms with Crippen LogP contribution in [0.15, 0.2) is 91.0 Å². The van der Waals surface area contributed by atoms with Crippen LogP contribution in [0.4, 0.5) is 14.4 Å². The fraction of sp³-hybridized carbons (Fsp3) is 0.462. The molecule has 2 aliphatic rings. The summed E-state index contributed by atoms with van der Waals surface area (Å²) in [6.45, 7) is 17.4. The molecule has 3 aromatic carbocycles. The largest absolute Gasteiger partial charge is 0.444 e. The average Bonchev–Trinajstić information content (AvgIpc) is 3.60. The Morgan fingerprint density at radius 1 is 0.660 bits per heavy atom. The van der Waals surface area contributed by atoms with Crippen LogP contribution in [0.1, 0.15) is 67.9 Å². The molecule has 3 aromatic rings. The third kappa shape index (κ3) is 7.84. The van der Waals surface area contributed by atoms with Crippen molar-refractivity contribution in [2.24, 2.45) is 0 Å². The van der Waals surface area contributed by atoms with Crippen LogP contribution in [-0.4, -0.2) is 84.0 Å². The van der Waals surface area contributed by atoms with Gasteiger partial charge < -0.3 is 18.6 Å². The molecule has 3 amide bonds. The topological polar surface area (TPSA) is 97.9 Å². The number of hydrogen-bond donors (Lipinski definition) is 0. The summed E-state index contributed by atoms with van der Waals surface area (Å²) in [6.07, 6.45) is -2.74. The van der Waals surface area contributed by atoms with Crippen LogP contribution in [0, 0.1) is 0 Å². The van der Waals surface area contributed by atoms with Gasteiger partial charge >= 0.3 is 18.3 Å². The summed E-state index contributed by atoms with van der Waals surface area (Å²) in [4.78, 5) is 43.7. The van der Waals surface area contributed by atoms with Gasteiger partial charge in [-0.2, -0.15) is 0 Å². The summed E-state index contributed by atoms with van der Waals surface area (Å²) in [6, 6.07) is 28.2. The van der Waals surface area contributed by atoms with E-state index in [4.69, 9.17) is 18.6 Å². The number of carbonyl (C=O) groups excluding carboxylic acids is 3. The zero-order valence-electron chi connectivity index (χ0n) is 30.7. The normalized spacial score (nSPS) is 19.6. The Bertz CT molecular complexity index is 1600. The van der Waals surface area contributed by atoms with Crippen molar-refractivity contribution >= 4 is 37.0 Å². The summed E-state index contributed by atoms with van der Waals surface area (Å²) in [5.41, 5.74) is -0.826. The van der Waals surface area contributed by atoms with E-state index >= 15 is 0 Å². The predicted octanol–water partition coefficient (Wildman–Crippen LogP) is 6.72. The van der Waals surface area contributed by atoms with Crippen LogP contribution < -0.4 is 10.4 Å². The summed E-state index contributed by atoms with van der Waals surface area (Å²) in [7, 11) is -3.20. The van der Waals surface area contributed by atoms with Gasteiger partial charge in [-0.3, -0.25) is 4.90 Å². The summed E-state index contributed by atoms with van der Waals surface area (Å²) in [5.74, 6) is 0. The standard InChI is InChI=1S/C39H51N3O7Si/c1-37(2,3)47-34(43)40-26-32(49-50(39(7,8)9,29-21-15-11-16-22-29)30-23-17-12-18-24-30)33-31(40)25-41(35(44)48-38(4,5)6)42(33)36(45)46-27-28-19-13-10-14-20-28/h10-24,31-33H,25-27H2,1-9H3. The number of rotatable bonds is 6. The summed E-state index contributed by atoms with van der Waals surface area (Å²) < 4.78 is 25.2. The number of benzene rings is 3. The Kier molecular flexibility index (Phi) is 10.4. The van der Waals surface area contributed by atoms with E-state index in [1.165, 1.54) is 10.0 Å². The van der Waals surface area contributed by atoms with Gasteiger partial charge in [-0.05, 0) is 62.5 Å². The van der Waals surface area contributed by atoms with Crippen LogP contribution >= 0.6 is 0 Å². The summed E-state index contributed by atoms with van der Waals surface area (Å²) in [5, 5.41) is 4.27. The van der Waals surface area contributed by atoms with Crippen molar-refractivity contribution in [1.82, 2.24) is 14.9 Å². The maximum atomic E-state index is 14.3. The Hall–Kier alpha value is -4.35. The minimum Gasteiger partial charge on any atom is -0.444 e. The maximum Gasteiger partial charge on any atom is 0.429 e. The van der Waals surface area contributed by atoms with Gasteiger partial charge in [-0.1, -0.05) is 112 Å². The van der Waals surface area contributed by atoms with E-state index in [1.54, 1.807) is 25.7 Å². The fourth-order valence-corrected chi connectivity index (χ4v) is 11.5. The molecule has 2 fully saturated rings. The lowest BCUT2D eigenvalue weighted by molar-refractivity contribution is -0.0501. The number of ether oxygens (including phenoxy) is 3. The molecular weight excluding hydrogens is 651 g/mol. The highest BCUT2D eigenvalue weighted by Crippen LogP contribution is 2.42. The maximum absolute atomic E-state index is 14.3. The molecule has 50 heavy (non-hydrogen) atoms. The average molecular weight is 702 g/mol. The van der Waals surface area contributed by atoms with E-state index < -0.39 is 61.0 Å². The number of fused-ring (bicyclic) bond motifs is 1. The molecule has 0 N–H and O–H groups in total. The van der Waals surface area contributed by atoms with Gasteiger partial charge in [0.25, 0.3) is 8.32 Å². The first-order valence-electron chi connectivity index (χ1n) is 17.2. The molecule has 0 saturated carbocycles. The van der Waals surface area contributed by atoms with Crippen molar-refractivity contribution in [2.75, 3.05) is 13.1 Å². The lowest BCUT2D eigenvalue weighted by Crippen LogP contribution is -2.69. The van der Waals surface area contributed by atoms with Crippen molar-refractivity contribution in [3.63, 3.8) is 0 Å². The van der Waals surface area contributed by atoms with Gasteiger partial charge in [-0.25, -0.2) is 24.4 Å². The van der Waals surface area contributed by atoms with Crippen LogP contribution in [0.2, 0.25) is 5.04 Å². The second kappa shape index (κ2) is 14.1. The molecule has 0 aliphatic carbocycles. The van der Waals surface area contributed by atoms with Crippen LogP contribution in [0.3, 0.4) is 0 Å². The molecule has 0 spiro atoms.